The highest BCUT2D eigenvalue weighted by Gasteiger charge is 2.28. The number of hydrogen-bond donors (Lipinski definition) is 2. The monoisotopic (exact) mass is 259 g/mol. The van der Waals surface area contributed by atoms with Gasteiger partial charge < -0.3 is 15.6 Å². The summed E-state index contributed by atoms with van der Waals surface area (Å²) in [4.78, 5) is 0. The zero-order valence-electron chi connectivity index (χ0n) is 10.5. The normalized spacial score (nSPS) is 14.5. The molecule has 0 radical (unpaired) electrons. The molecule has 0 aromatic heterocycles. The van der Waals surface area contributed by atoms with Crippen molar-refractivity contribution >= 4 is 0 Å². The lowest BCUT2D eigenvalue weighted by Crippen LogP contribution is -2.37. The van der Waals surface area contributed by atoms with Gasteiger partial charge in [-0.25, -0.2) is 8.78 Å². The van der Waals surface area contributed by atoms with Crippen LogP contribution in [0.1, 0.15) is 18.4 Å². The summed E-state index contributed by atoms with van der Waals surface area (Å²) in [5, 5.41) is 10.3. The molecular weight excluding hydrogens is 240 g/mol. The maximum absolute atomic E-state index is 13.5. The molecule has 3 N–H and O–H groups in total. The van der Waals surface area contributed by atoms with Crippen molar-refractivity contribution in [2.24, 2.45) is 5.73 Å². The van der Waals surface area contributed by atoms with E-state index in [0.717, 1.165) is 6.07 Å². The van der Waals surface area contributed by atoms with E-state index < -0.39 is 17.2 Å². The summed E-state index contributed by atoms with van der Waals surface area (Å²) in [5.41, 5.74) is 4.50. The van der Waals surface area contributed by atoms with Gasteiger partial charge in [0, 0.05) is 19.6 Å². The number of rotatable bonds is 7. The standard InChI is InChI=1S/C13H19F2NO2/c1-18-9-13(17,5-2-6-16)8-10-3-4-11(14)7-12(10)15/h3-4,7,17H,2,5-6,8-9,16H2,1H3. The Bertz CT molecular complexity index is 387. The fraction of sp³-hybridized carbons (Fsp3) is 0.538. The molecule has 0 fully saturated rings. The van der Waals surface area contributed by atoms with Gasteiger partial charge in [-0.2, -0.15) is 0 Å². The van der Waals surface area contributed by atoms with Crippen molar-refractivity contribution in [2.75, 3.05) is 20.3 Å². The van der Waals surface area contributed by atoms with E-state index in [2.05, 4.69) is 0 Å². The zero-order chi connectivity index (χ0) is 13.6. The largest absolute Gasteiger partial charge is 0.387 e. The summed E-state index contributed by atoms with van der Waals surface area (Å²) >= 11 is 0. The molecule has 0 aliphatic heterocycles. The van der Waals surface area contributed by atoms with Crippen LogP contribution in [0.4, 0.5) is 8.78 Å². The van der Waals surface area contributed by atoms with Gasteiger partial charge >= 0.3 is 0 Å². The number of ether oxygens (including phenoxy) is 1. The first kappa shape index (κ1) is 15.0. The van der Waals surface area contributed by atoms with E-state index >= 15 is 0 Å². The molecule has 1 atom stereocenters. The van der Waals surface area contributed by atoms with Crippen LogP contribution in [0.15, 0.2) is 18.2 Å². The molecule has 0 saturated heterocycles. The van der Waals surface area contributed by atoms with Gasteiger partial charge in [0.05, 0.1) is 12.2 Å². The molecule has 1 rings (SSSR count). The maximum Gasteiger partial charge on any atom is 0.129 e. The van der Waals surface area contributed by atoms with E-state index in [-0.39, 0.29) is 18.6 Å². The van der Waals surface area contributed by atoms with Crippen molar-refractivity contribution < 1.29 is 18.6 Å². The van der Waals surface area contributed by atoms with Gasteiger partial charge in [-0.15, -0.1) is 0 Å². The van der Waals surface area contributed by atoms with Gasteiger partial charge in [0.15, 0.2) is 0 Å². The first-order chi connectivity index (χ1) is 8.50. The van der Waals surface area contributed by atoms with Gasteiger partial charge in [-0.05, 0) is 31.0 Å². The molecule has 0 spiro atoms. The average molecular weight is 259 g/mol. The van der Waals surface area contributed by atoms with Crippen molar-refractivity contribution in [2.45, 2.75) is 24.9 Å². The predicted molar refractivity (Wildman–Crippen MR) is 65.2 cm³/mol. The quantitative estimate of drug-likeness (QED) is 0.782. The van der Waals surface area contributed by atoms with E-state index in [0.29, 0.717) is 19.4 Å². The summed E-state index contributed by atoms with van der Waals surface area (Å²) in [6.45, 7) is 0.530. The van der Waals surface area contributed by atoms with Crippen molar-refractivity contribution in [3.8, 4) is 0 Å². The van der Waals surface area contributed by atoms with E-state index in [1.54, 1.807) is 0 Å². The lowest BCUT2D eigenvalue weighted by Gasteiger charge is -2.27. The van der Waals surface area contributed by atoms with Gasteiger partial charge in [-0.1, -0.05) is 6.07 Å². The van der Waals surface area contributed by atoms with Crippen molar-refractivity contribution in [3.05, 3.63) is 35.4 Å². The molecule has 1 aromatic rings. The van der Waals surface area contributed by atoms with E-state index in [4.69, 9.17) is 10.5 Å². The van der Waals surface area contributed by atoms with Crippen LogP contribution < -0.4 is 5.73 Å². The van der Waals surface area contributed by atoms with Crippen molar-refractivity contribution in [3.63, 3.8) is 0 Å². The SMILES string of the molecule is COCC(O)(CCCN)Cc1ccc(F)cc1F. The van der Waals surface area contributed by atoms with Crippen LogP contribution in [-0.2, 0) is 11.2 Å². The van der Waals surface area contributed by atoms with E-state index in [1.165, 1.54) is 19.2 Å². The van der Waals surface area contributed by atoms with Crippen LogP contribution in [0.3, 0.4) is 0 Å². The minimum atomic E-state index is -1.17. The predicted octanol–water partition coefficient (Wildman–Crippen LogP) is 1.62. The third-order valence-electron chi connectivity index (χ3n) is 2.79. The van der Waals surface area contributed by atoms with Crippen LogP contribution in [0, 0.1) is 11.6 Å². The molecule has 0 saturated carbocycles. The van der Waals surface area contributed by atoms with Crippen LogP contribution in [-0.4, -0.2) is 31.0 Å². The molecular formula is C13H19F2NO2. The smallest absolute Gasteiger partial charge is 0.129 e. The Hall–Kier alpha value is -1.04. The Morgan fingerprint density at radius 1 is 1.39 bits per heavy atom. The Balaban J connectivity index is 2.81. The van der Waals surface area contributed by atoms with Gasteiger partial charge in [0.2, 0.25) is 0 Å². The van der Waals surface area contributed by atoms with Gasteiger partial charge in [-0.3, -0.25) is 0 Å². The third-order valence-corrected chi connectivity index (χ3v) is 2.79. The Morgan fingerprint density at radius 2 is 2.11 bits per heavy atom. The highest BCUT2D eigenvalue weighted by molar-refractivity contribution is 5.20. The molecule has 18 heavy (non-hydrogen) atoms. The second kappa shape index (κ2) is 6.78. The molecule has 102 valence electrons. The van der Waals surface area contributed by atoms with E-state index in [1.807, 2.05) is 0 Å². The summed E-state index contributed by atoms with van der Waals surface area (Å²) < 4.78 is 31.3. The Labute approximate surface area is 106 Å². The lowest BCUT2D eigenvalue weighted by molar-refractivity contribution is -0.0380. The maximum atomic E-state index is 13.5. The number of hydrogen-bond acceptors (Lipinski definition) is 3. The fourth-order valence-corrected chi connectivity index (χ4v) is 1.93. The van der Waals surface area contributed by atoms with Gasteiger partial charge in [0.25, 0.3) is 0 Å². The zero-order valence-corrected chi connectivity index (χ0v) is 10.5. The van der Waals surface area contributed by atoms with Crippen molar-refractivity contribution in [1.29, 1.82) is 0 Å². The molecule has 0 aliphatic rings. The van der Waals surface area contributed by atoms with Crippen LogP contribution in [0.5, 0.6) is 0 Å². The highest BCUT2D eigenvalue weighted by Crippen LogP contribution is 2.22. The van der Waals surface area contributed by atoms with E-state index in [9.17, 15) is 13.9 Å². The van der Waals surface area contributed by atoms with Crippen LogP contribution >= 0.6 is 0 Å². The molecule has 0 heterocycles. The molecule has 1 unspecified atom stereocenters. The van der Waals surface area contributed by atoms with Crippen molar-refractivity contribution in [1.82, 2.24) is 0 Å². The average Bonchev–Trinajstić information content (AvgIpc) is 2.31. The van der Waals surface area contributed by atoms with Crippen LogP contribution in [0.25, 0.3) is 0 Å². The number of aliphatic hydroxyl groups is 1. The first-order valence-electron chi connectivity index (χ1n) is 5.86. The second-order valence-corrected chi connectivity index (χ2v) is 4.46. The van der Waals surface area contributed by atoms with Crippen LogP contribution in [0.2, 0.25) is 0 Å². The fourth-order valence-electron chi connectivity index (χ4n) is 1.93. The number of benzene rings is 1. The molecule has 3 nitrogen and oxygen atoms in total. The first-order valence-corrected chi connectivity index (χ1v) is 5.86. The molecule has 0 bridgehead atoms. The van der Waals surface area contributed by atoms with Gasteiger partial charge in [0.1, 0.15) is 11.6 Å². The second-order valence-electron chi connectivity index (χ2n) is 4.46. The molecule has 1 aromatic carbocycles. The topological polar surface area (TPSA) is 55.5 Å². The Morgan fingerprint density at radius 3 is 2.67 bits per heavy atom. The number of methoxy groups -OCH3 is 1. The Kier molecular flexibility index (Phi) is 5.65. The molecule has 0 aliphatic carbocycles. The summed E-state index contributed by atoms with van der Waals surface area (Å²) in [6.07, 6.45) is 1.10. The molecule has 5 heteroatoms. The number of halogens is 2. The minimum absolute atomic E-state index is 0.0763. The molecule has 0 amide bonds. The highest BCUT2D eigenvalue weighted by atomic mass is 19.1. The summed E-state index contributed by atoms with van der Waals surface area (Å²) in [5.74, 6) is -1.29. The lowest BCUT2D eigenvalue weighted by atomic mass is 9.90. The summed E-state index contributed by atoms with van der Waals surface area (Å²) in [7, 11) is 1.47. The third kappa shape index (κ3) is 4.33. The minimum Gasteiger partial charge on any atom is -0.387 e. The number of nitrogens with two attached hydrogens (primary N) is 1. The summed E-state index contributed by atoms with van der Waals surface area (Å²) in [6, 6.07) is 3.33.